The van der Waals surface area contributed by atoms with Crippen LogP contribution in [0.1, 0.15) is 0 Å². The van der Waals surface area contributed by atoms with E-state index in [0.717, 1.165) is 0 Å². The first-order valence-corrected chi connectivity index (χ1v) is 2.36. The van der Waals surface area contributed by atoms with Crippen molar-refractivity contribution in [3.05, 3.63) is 0 Å². The minimum Gasteiger partial charge on any atom is -0.372 e. The van der Waals surface area contributed by atoms with E-state index in [1.54, 1.807) is 0 Å². The first kappa shape index (κ1) is 11.2. The average Bonchev–Trinajstić information content (AvgIpc) is 1.68. The van der Waals surface area contributed by atoms with Crippen LogP contribution in [0.4, 0.5) is 0 Å². The molecule has 2 N–H and O–H groups in total. The van der Waals surface area contributed by atoms with Gasteiger partial charge in [0.15, 0.2) is 0 Å². The molecule has 0 unspecified atom stereocenters. The highest BCUT2D eigenvalue weighted by molar-refractivity contribution is 6.97. The molecule has 1 amide bonds. The highest BCUT2D eigenvalue weighted by atomic mass is 35.5. The third kappa shape index (κ3) is 18.7. The largest absolute Gasteiger partial charge is 0.372 e. The number of halogens is 2. The quantitative estimate of drug-likeness (QED) is 0.332. The summed E-state index contributed by atoms with van der Waals surface area (Å²) in [6.45, 7) is 0. The minimum absolute atomic E-state index is 0.250. The van der Waals surface area contributed by atoms with Crippen molar-refractivity contribution in [1.82, 2.24) is 0 Å². The Labute approximate surface area is 60.9 Å². The number of hydrogen-bond donors (Lipinski definition) is 1. The maximum atomic E-state index is 9.43. The fraction of sp³-hybridized carbons (Fsp3) is 0. The molecule has 9 heavy (non-hydrogen) atoms. The van der Waals surface area contributed by atoms with Gasteiger partial charge in [-0.2, -0.15) is 0 Å². The summed E-state index contributed by atoms with van der Waals surface area (Å²) in [5.41, 5.74) is 4.17. The highest BCUT2D eigenvalue weighted by Gasteiger charge is 2.01. The average molecular weight is 172 g/mol. The fourth-order valence-corrected chi connectivity index (χ4v) is 0. The molecule has 0 aromatic carbocycles. The second-order valence-corrected chi connectivity index (χ2v) is 1.37. The molecule has 0 saturated heterocycles. The van der Waals surface area contributed by atoms with Gasteiger partial charge < -0.3 is 5.73 Å². The normalized spacial score (nSPS) is 6.44. The summed E-state index contributed by atoms with van der Waals surface area (Å²) in [7, 11) is 0. The van der Waals surface area contributed by atoms with Gasteiger partial charge in [0.2, 0.25) is 6.41 Å². The Balaban J connectivity index is 0. The Hall–Kier alpha value is -0.610. The summed E-state index contributed by atoms with van der Waals surface area (Å²) in [6.07, 6.45) is 0.250. The lowest BCUT2D eigenvalue weighted by Gasteiger charge is -1.67. The van der Waals surface area contributed by atoms with Crippen LogP contribution in [0.2, 0.25) is 0 Å². The van der Waals surface area contributed by atoms with Crippen molar-refractivity contribution >= 4 is 40.1 Å². The lowest BCUT2D eigenvalue weighted by molar-refractivity contribution is -0.127. The molecule has 0 bridgehead atoms. The van der Waals surface area contributed by atoms with E-state index in [-0.39, 0.29) is 6.41 Å². The van der Waals surface area contributed by atoms with Crippen LogP contribution >= 0.6 is 23.2 Å². The zero-order valence-corrected chi connectivity index (χ0v) is 5.65. The number of nitrogens with two attached hydrogens (primary N) is 1. The van der Waals surface area contributed by atoms with Crippen LogP contribution in [0, 0.1) is 0 Å². The molecule has 0 aromatic rings. The van der Waals surface area contributed by atoms with Gasteiger partial charge >= 0.3 is 10.5 Å². The maximum absolute atomic E-state index is 9.43. The Bertz CT molecular complexity index is 112. The summed E-state index contributed by atoms with van der Waals surface area (Å²) in [4.78, 5) is 27.4. The molecular formula is C3H3Cl2NO3. The van der Waals surface area contributed by atoms with Gasteiger partial charge in [0.25, 0.3) is 0 Å². The molecule has 6 heteroatoms. The molecule has 0 spiro atoms. The molecule has 0 saturated carbocycles. The Morgan fingerprint density at radius 2 is 1.33 bits per heavy atom. The van der Waals surface area contributed by atoms with Crippen molar-refractivity contribution < 1.29 is 14.4 Å². The van der Waals surface area contributed by atoms with Gasteiger partial charge in [-0.1, -0.05) is 0 Å². The molecular weight excluding hydrogens is 169 g/mol. The van der Waals surface area contributed by atoms with Gasteiger partial charge in [-0.15, -0.1) is 0 Å². The first-order chi connectivity index (χ1) is 4.06. The fourth-order valence-electron chi connectivity index (χ4n) is 0. The van der Waals surface area contributed by atoms with E-state index in [0.29, 0.717) is 0 Å². The van der Waals surface area contributed by atoms with Crippen LogP contribution in [0.15, 0.2) is 0 Å². The summed E-state index contributed by atoms with van der Waals surface area (Å²) in [5, 5.41) is -2.28. The molecule has 0 fully saturated rings. The van der Waals surface area contributed by atoms with Gasteiger partial charge in [-0.25, -0.2) is 0 Å². The molecule has 52 valence electrons. The predicted octanol–water partition coefficient (Wildman–Crippen LogP) is -0.381. The van der Waals surface area contributed by atoms with Crippen LogP contribution in [0.25, 0.3) is 0 Å². The van der Waals surface area contributed by atoms with E-state index in [1.807, 2.05) is 0 Å². The van der Waals surface area contributed by atoms with Crippen molar-refractivity contribution in [3.8, 4) is 0 Å². The molecule has 4 nitrogen and oxygen atoms in total. The molecule has 0 rings (SSSR count). The Kier molecular flexibility index (Phi) is 9.21. The summed E-state index contributed by atoms with van der Waals surface area (Å²) < 4.78 is 0. The number of hydrogen-bond acceptors (Lipinski definition) is 3. The second-order valence-electron chi connectivity index (χ2n) is 0.683. The van der Waals surface area contributed by atoms with Crippen molar-refractivity contribution in [3.63, 3.8) is 0 Å². The van der Waals surface area contributed by atoms with Gasteiger partial charge in [0.05, 0.1) is 0 Å². The highest BCUT2D eigenvalue weighted by Crippen LogP contribution is 1.84. The zero-order chi connectivity index (χ0) is 7.86. The van der Waals surface area contributed by atoms with Crippen LogP contribution in [0.5, 0.6) is 0 Å². The van der Waals surface area contributed by atoms with E-state index >= 15 is 0 Å². The van der Waals surface area contributed by atoms with Crippen molar-refractivity contribution in [1.29, 1.82) is 0 Å². The summed E-state index contributed by atoms with van der Waals surface area (Å²) >= 11 is 8.98. The number of rotatable bonds is 1. The third-order valence-electron chi connectivity index (χ3n) is 0.155. The Morgan fingerprint density at radius 3 is 1.33 bits per heavy atom. The molecule has 0 heterocycles. The van der Waals surface area contributed by atoms with Crippen LogP contribution in [0.3, 0.4) is 0 Å². The zero-order valence-electron chi connectivity index (χ0n) is 4.14. The van der Waals surface area contributed by atoms with Gasteiger partial charge in [-0.05, 0) is 23.2 Å². The monoisotopic (exact) mass is 171 g/mol. The second kappa shape index (κ2) is 7.39. The first-order valence-electron chi connectivity index (χ1n) is 1.61. The lowest BCUT2D eigenvalue weighted by atomic mass is 10.9. The minimum atomic E-state index is -1.14. The molecule has 0 aliphatic rings. The van der Waals surface area contributed by atoms with Crippen molar-refractivity contribution in [2.75, 3.05) is 0 Å². The van der Waals surface area contributed by atoms with E-state index in [2.05, 4.69) is 28.9 Å². The van der Waals surface area contributed by atoms with E-state index in [4.69, 9.17) is 4.79 Å². The van der Waals surface area contributed by atoms with Crippen molar-refractivity contribution in [2.24, 2.45) is 5.73 Å². The third-order valence-corrected chi connectivity index (χ3v) is 0.595. The van der Waals surface area contributed by atoms with Crippen LogP contribution < -0.4 is 5.73 Å². The number of amides is 1. The number of carbonyl (C=O) groups excluding carboxylic acids is 3. The molecule has 0 aliphatic heterocycles. The number of primary amides is 1. The van der Waals surface area contributed by atoms with Gasteiger partial charge in [0.1, 0.15) is 0 Å². The molecule has 0 atom stereocenters. The van der Waals surface area contributed by atoms with Gasteiger partial charge in [-0.3, -0.25) is 14.4 Å². The lowest BCUT2D eigenvalue weighted by Crippen LogP contribution is -1.94. The van der Waals surface area contributed by atoms with E-state index < -0.39 is 10.5 Å². The van der Waals surface area contributed by atoms with E-state index in [9.17, 15) is 9.59 Å². The van der Waals surface area contributed by atoms with Crippen LogP contribution in [-0.2, 0) is 14.4 Å². The topological polar surface area (TPSA) is 77.2 Å². The molecule has 0 aliphatic carbocycles. The predicted molar refractivity (Wildman–Crippen MR) is 32.0 cm³/mol. The SMILES string of the molecule is NC=O.O=C(Cl)C(=O)Cl. The van der Waals surface area contributed by atoms with Crippen LogP contribution in [-0.4, -0.2) is 16.9 Å². The molecule has 0 radical (unpaired) electrons. The Morgan fingerprint density at radius 1 is 1.22 bits per heavy atom. The smallest absolute Gasteiger partial charge is 0.304 e. The number of carbonyl (C=O) groups is 3. The van der Waals surface area contributed by atoms with E-state index in [1.165, 1.54) is 0 Å². The summed E-state index contributed by atoms with van der Waals surface area (Å²) in [5.74, 6) is 0. The molecule has 0 aromatic heterocycles. The maximum Gasteiger partial charge on any atom is 0.304 e. The van der Waals surface area contributed by atoms with Crippen molar-refractivity contribution in [2.45, 2.75) is 0 Å². The summed E-state index contributed by atoms with van der Waals surface area (Å²) in [6, 6.07) is 0. The standard InChI is InChI=1S/C2Cl2O2.CH3NO/c3-1(5)2(4)6;2-1-3/h;1H,(H2,2,3). The van der Waals surface area contributed by atoms with Gasteiger partial charge in [0, 0.05) is 0 Å².